The van der Waals surface area contributed by atoms with E-state index in [4.69, 9.17) is 0 Å². The summed E-state index contributed by atoms with van der Waals surface area (Å²) in [5.74, 6) is 0.193. The van der Waals surface area contributed by atoms with Gasteiger partial charge in [-0.25, -0.2) is 8.42 Å². The number of anilines is 1. The Morgan fingerprint density at radius 1 is 1.22 bits per heavy atom. The molecule has 1 N–H and O–H groups in total. The Kier molecular flexibility index (Phi) is 3.64. The highest BCUT2D eigenvalue weighted by atomic mass is 32.2. The Bertz CT molecular complexity index is 497. The lowest BCUT2D eigenvalue weighted by molar-refractivity contribution is 0.448. The Hall–Kier alpha value is -1.07. The fraction of sp³-hybridized carbons (Fsp3) is 0.538. The fourth-order valence-electron chi connectivity index (χ4n) is 2.39. The van der Waals surface area contributed by atoms with Crippen molar-refractivity contribution in [3.8, 4) is 0 Å². The minimum absolute atomic E-state index is 0.193. The van der Waals surface area contributed by atoms with Gasteiger partial charge in [-0.15, -0.1) is 0 Å². The first-order valence-electron chi connectivity index (χ1n) is 6.22. The van der Waals surface area contributed by atoms with Gasteiger partial charge in [-0.2, -0.15) is 0 Å². The van der Waals surface area contributed by atoms with Crippen molar-refractivity contribution in [1.29, 1.82) is 0 Å². The smallest absolute Gasteiger partial charge is 0.235 e. The zero-order chi connectivity index (χ0) is 13.2. The molecule has 1 fully saturated rings. The number of rotatable bonds is 1. The van der Waals surface area contributed by atoms with Gasteiger partial charge in [0.2, 0.25) is 10.0 Å². The Balaban J connectivity index is 2.48. The molecule has 5 heteroatoms. The van der Waals surface area contributed by atoms with Crippen LogP contribution in [0.2, 0.25) is 0 Å². The molecule has 100 valence electrons. The third-order valence-corrected chi connectivity index (χ3v) is 5.20. The van der Waals surface area contributed by atoms with Gasteiger partial charge < -0.3 is 5.32 Å². The normalized spacial score (nSPS) is 23.1. The van der Waals surface area contributed by atoms with Crippen LogP contribution < -0.4 is 9.62 Å². The van der Waals surface area contributed by atoms with Crippen molar-refractivity contribution in [1.82, 2.24) is 5.32 Å². The molecule has 18 heavy (non-hydrogen) atoms. The van der Waals surface area contributed by atoms with Gasteiger partial charge in [-0.3, -0.25) is 4.31 Å². The van der Waals surface area contributed by atoms with E-state index in [-0.39, 0.29) is 5.75 Å². The predicted molar refractivity (Wildman–Crippen MR) is 74.3 cm³/mol. The zero-order valence-corrected chi connectivity index (χ0v) is 11.7. The molecule has 0 aromatic heterocycles. The molecule has 0 saturated carbocycles. The molecule has 0 spiro atoms. The molecule has 0 amide bonds. The number of benzene rings is 1. The van der Waals surface area contributed by atoms with Crippen molar-refractivity contribution in [2.45, 2.75) is 25.8 Å². The van der Waals surface area contributed by atoms with E-state index < -0.39 is 15.6 Å². The van der Waals surface area contributed by atoms with Gasteiger partial charge in [0.1, 0.15) is 0 Å². The highest BCUT2D eigenvalue weighted by Gasteiger charge is 2.36. The number of nitrogens with one attached hydrogen (secondary N) is 1. The molecule has 2 rings (SSSR count). The highest BCUT2D eigenvalue weighted by Crippen LogP contribution is 2.28. The molecule has 0 atom stereocenters. The minimum Gasteiger partial charge on any atom is -0.314 e. The molecule has 0 radical (unpaired) electrons. The van der Waals surface area contributed by atoms with Crippen LogP contribution in [-0.4, -0.2) is 32.8 Å². The largest absolute Gasteiger partial charge is 0.314 e. The van der Waals surface area contributed by atoms with E-state index in [0.29, 0.717) is 13.0 Å². The summed E-state index contributed by atoms with van der Waals surface area (Å²) in [6.45, 7) is 5.32. The molecular formula is C13H20N2O2S. The van der Waals surface area contributed by atoms with Crippen LogP contribution in [0.5, 0.6) is 0 Å². The molecule has 0 unspecified atom stereocenters. The van der Waals surface area contributed by atoms with Gasteiger partial charge in [-0.05, 0) is 38.9 Å². The summed E-state index contributed by atoms with van der Waals surface area (Å²) in [7, 11) is -3.25. The number of sulfonamides is 1. The van der Waals surface area contributed by atoms with Crippen molar-refractivity contribution in [3.05, 3.63) is 30.3 Å². The SMILES string of the molecule is CC1(C)CNCCCS(=O)(=O)N1c1ccccc1. The molecular weight excluding hydrogens is 248 g/mol. The molecule has 0 aliphatic carbocycles. The summed E-state index contributed by atoms with van der Waals surface area (Å²) < 4.78 is 26.5. The molecule has 1 aromatic rings. The average molecular weight is 268 g/mol. The van der Waals surface area contributed by atoms with Crippen LogP contribution in [0.4, 0.5) is 5.69 Å². The Labute approximate surface area is 109 Å². The molecule has 0 bridgehead atoms. The number of nitrogens with zero attached hydrogens (tertiary/aromatic N) is 1. The van der Waals surface area contributed by atoms with Crippen LogP contribution in [-0.2, 0) is 10.0 Å². The fourth-order valence-corrected chi connectivity index (χ4v) is 4.34. The predicted octanol–water partition coefficient (Wildman–Crippen LogP) is 1.59. The van der Waals surface area contributed by atoms with Crippen molar-refractivity contribution in [3.63, 3.8) is 0 Å². The molecule has 1 aliphatic rings. The van der Waals surface area contributed by atoms with Crippen molar-refractivity contribution >= 4 is 15.7 Å². The van der Waals surface area contributed by atoms with Crippen LogP contribution in [0.15, 0.2) is 30.3 Å². The lowest BCUT2D eigenvalue weighted by Gasteiger charge is -2.40. The van der Waals surface area contributed by atoms with Crippen LogP contribution in [0.3, 0.4) is 0 Å². The van der Waals surface area contributed by atoms with E-state index in [0.717, 1.165) is 12.2 Å². The number of hydrogen-bond acceptors (Lipinski definition) is 3. The molecule has 1 heterocycles. The van der Waals surface area contributed by atoms with Gasteiger partial charge >= 0.3 is 0 Å². The number of hydrogen-bond donors (Lipinski definition) is 1. The molecule has 1 aliphatic heterocycles. The topological polar surface area (TPSA) is 49.4 Å². The second-order valence-electron chi connectivity index (χ2n) is 5.26. The third kappa shape index (κ3) is 2.67. The van der Waals surface area contributed by atoms with Gasteiger partial charge in [0.25, 0.3) is 0 Å². The quantitative estimate of drug-likeness (QED) is 0.841. The van der Waals surface area contributed by atoms with Crippen molar-refractivity contribution in [2.75, 3.05) is 23.1 Å². The Morgan fingerprint density at radius 3 is 2.56 bits per heavy atom. The first kappa shape index (κ1) is 13.4. The van der Waals surface area contributed by atoms with Crippen LogP contribution in [0, 0.1) is 0 Å². The zero-order valence-electron chi connectivity index (χ0n) is 10.9. The first-order valence-corrected chi connectivity index (χ1v) is 7.83. The maximum absolute atomic E-state index is 12.5. The van der Waals surface area contributed by atoms with E-state index in [2.05, 4.69) is 5.32 Å². The van der Waals surface area contributed by atoms with Crippen molar-refractivity contribution in [2.24, 2.45) is 0 Å². The van der Waals surface area contributed by atoms with Crippen LogP contribution in [0.25, 0.3) is 0 Å². The number of para-hydroxylation sites is 1. The minimum atomic E-state index is -3.25. The second kappa shape index (κ2) is 4.90. The highest BCUT2D eigenvalue weighted by molar-refractivity contribution is 7.92. The van der Waals surface area contributed by atoms with E-state index in [1.165, 1.54) is 0 Å². The van der Waals surface area contributed by atoms with Gasteiger partial charge in [-0.1, -0.05) is 18.2 Å². The van der Waals surface area contributed by atoms with E-state index >= 15 is 0 Å². The standard InChI is InChI=1S/C13H20N2O2S/c1-13(2)11-14-9-6-10-18(16,17)15(13)12-7-4-3-5-8-12/h3-5,7-8,14H,6,9-11H2,1-2H3. The average Bonchev–Trinajstić information content (AvgIpc) is 2.27. The van der Waals surface area contributed by atoms with Gasteiger partial charge in [0.05, 0.1) is 17.0 Å². The summed E-state index contributed by atoms with van der Waals surface area (Å²) in [5, 5.41) is 3.31. The van der Waals surface area contributed by atoms with Crippen molar-refractivity contribution < 1.29 is 8.42 Å². The lowest BCUT2D eigenvalue weighted by atomic mass is 10.0. The van der Waals surface area contributed by atoms with Crippen LogP contribution in [0.1, 0.15) is 20.3 Å². The second-order valence-corrected chi connectivity index (χ2v) is 7.20. The summed E-state index contributed by atoms with van der Waals surface area (Å²) in [5.41, 5.74) is 0.284. The maximum atomic E-state index is 12.5. The molecule has 1 saturated heterocycles. The maximum Gasteiger partial charge on any atom is 0.235 e. The van der Waals surface area contributed by atoms with Gasteiger partial charge in [0.15, 0.2) is 0 Å². The summed E-state index contributed by atoms with van der Waals surface area (Å²) in [4.78, 5) is 0. The summed E-state index contributed by atoms with van der Waals surface area (Å²) in [6, 6.07) is 9.33. The molecule has 1 aromatic carbocycles. The Morgan fingerprint density at radius 2 is 1.89 bits per heavy atom. The van der Waals surface area contributed by atoms with E-state index in [1.807, 2.05) is 44.2 Å². The monoisotopic (exact) mass is 268 g/mol. The van der Waals surface area contributed by atoms with E-state index in [1.54, 1.807) is 4.31 Å². The lowest BCUT2D eigenvalue weighted by Crippen LogP contribution is -2.56. The summed E-state index contributed by atoms with van der Waals surface area (Å²) >= 11 is 0. The summed E-state index contributed by atoms with van der Waals surface area (Å²) in [6.07, 6.45) is 0.655. The van der Waals surface area contributed by atoms with E-state index in [9.17, 15) is 8.42 Å². The first-order chi connectivity index (χ1) is 8.43. The third-order valence-electron chi connectivity index (χ3n) is 3.13. The van der Waals surface area contributed by atoms with Gasteiger partial charge in [0, 0.05) is 6.54 Å². The molecule has 4 nitrogen and oxygen atoms in total. The van der Waals surface area contributed by atoms with Crippen LogP contribution >= 0.6 is 0 Å².